The van der Waals surface area contributed by atoms with Gasteiger partial charge in [0.25, 0.3) is 0 Å². The van der Waals surface area contributed by atoms with E-state index < -0.39 is 0 Å². The van der Waals surface area contributed by atoms with Crippen molar-refractivity contribution in [2.24, 2.45) is 11.3 Å². The molecule has 146 valence electrons. The number of aromatic amines is 1. The van der Waals surface area contributed by atoms with Gasteiger partial charge in [-0.25, -0.2) is 0 Å². The van der Waals surface area contributed by atoms with Crippen LogP contribution in [0, 0.1) is 11.3 Å². The Morgan fingerprint density at radius 1 is 1.21 bits per heavy atom. The quantitative estimate of drug-likeness (QED) is 0.754. The monoisotopic (exact) mass is 377 g/mol. The Labute approximate surface area is 164 Å². The molecule has 2 aliphatic rings. The zero-order valence-electron chi connectivity index (χ0n) is 16.7. The number of aromatic nitrogens is 4. The summed E-state index contributed by atoms with van der Waals surface area (Å²) in [5, 5.41) is 12.7. The number of H-pyrrole nitrogens is 1. The first-order valence-corrected chi connectivity index (χ1v) is 10.2. The van der Waals surface area contributed by atoms with E-state index in [0.717, 1.165) is 47.8 Å². The highest BCUT2D eigenvalue weighted by molar-refractivity contribution is 5.84. The number of hydrogen-bond acceptors (Lipinski definition) is 3. The largest absolute Gasteiger partial charge is 0.336 e. The lowest BCUT2D eigenvalue weighted by Gasteiger charge is -2.30. The lowest BCUT2D eigenvalue weighted by atomic mass is 9.89. The van der Waals surface area contributed by atoms with E-state index in [0.29, 0.717) is 23.9 Å². The average Bonchev–Trinajstić information content (AvgIpc) is 3.44. The SMILES string of the molecule is CC(C)(C)C(=O)N1C2CCC1C(Cn1ncc3cc(-c4cn[nH]c4)ccc31)C2. The van der Waals surface area contributed by atoms with Gasteiger partial charge in [-0.1, -0.05) is 26.8 Å². The average molecular weight is 377 g/mol. The maximum absolute atomic E-state index is 12.9. The van der Waals surface area contributed by atoms with Crippen molar-refractivity contribution < 1.29 is 4.79 Å². The molecule has 1 N–H and O–H groups in total. The van der Waals surface area contributed by atoms with E-state index >= 15 is 0 Å². The minimum absolute atomic E-state index is 0.303. The molecular weight excluding hydrogens is 350 g/mol. The Bertz CT molecular complexity index is 1010. The van der Waals surface area contributed by atoms with E-state index in [1.54, 1.807) is 0 Å². The molecule has 5 rings (SSSR count). The number of hydrogen-bond donors (Lipinski definition) is 1. The third-order valence-electron chi connectivity index (χ3n) is 6.42. The van der Waals surface area contributed by atoms with Crippen LogP contribution in [0.4, 0.5) is 0 Å². The highest BCUT2D eigenvalue weighted by Gasteiger charge is 2.50. The van der Waals surface area contributed by atoms with E-state index in [4.69, 9.17) is 0 Å². The van der Waals surface area contributed by atoms with Gasteiger partial charge in [0.05, 0.1) is 17.9 Å². The molecule has 4 heterocycles. The molecule has 3 atom stereocenters. The maximum atomic E-state index is 12.9. The number of carbonyl (C=O) groups is 1. The molecule has 2 saturated heterocycles. The summed E-state index contributed by atoms with van der Waals surface area (Å²) in [6.45, 7) is 6.96. The van der Waals surface area contributed by atoms with Crippen LogP contribution < -0.4 is 0 Å². The molecular formula is C22H27N5O. The van der Waals surface area contributed by atoms with Gasteiger partial charge >= 0.3 is 0 Å². The molecule has 2 aliphatic heterocycles. The van der Waals surface area contributed by atoms with Gasteiger partial charge in [-0.15, -0.1) is 0 Å². The number of carbonyl (C=O) groups excluding carboxylic acids is 1. The van der Waals surface area contributed by atoms with Crippen LogP contribution in [0.5, 0.6) is 0 Å². The van der Waals surface area contributed by atoms with E-state index in [1.165, 1.54) is 0 Å². The molecule has 6 nitrogen and oxygen atoms in total. The van der Waals surface area contributed by atoms with Crippen LogP contribution in [0.3, 0.4) is 0 Å². The Morgan fingerprint density at radius 3 is 2.82 bits per heavy atom. The zero-order valence-corrected chi connectivity index (χ0v) is 16.7. The van der Waals surface area contributed by atoms with Crippen LogP contribution in [-0.4, -0.2) is 42.9 Å². The number of nitrogens with zero attached hydrogens (tertiary/aromatic N) is 4. The lowest BCUT2D eigenvalue weighted by molar-refractivity contribution is -0.141. The number of amides is 1. The second kappa shape index (κ2) is 6.19. The molecule has 28 heavy (non-hydrogen) atoms. The molecule has 0 saturated carbocycles. The van der Waals surface area contributed by atoms with Gasteiger partial charge in [0.1, 0.15) is 0 Å². The van der Waals surface area contributed by atoms with Gasteiger partial charge in [0, 0.05) is 47.1 Å². The van der Waals surface area contributed by atoms with Gasteiger partial charge in [-0.05, 0) is 37.0 Å². The van der Waals surface area contributed by atoms with Crippen LogP contribution in [0.25, 0.3) is 22.0 Å². The molecule has 0 spiro atoms. The first-order chi connectivity index (χ1) is 13.4. The van der Waals surface area contributed by atoms with E-state index in [-0.39, 0.29) is 5.41 Å². The fourth-order valence-corrected chi connectivity index (χ4v) is 5.06. The third-order valence-corrected chi connectivity index (χ3v) is 6.42. The summed E-state index contributed by atoms with van der Waals surface area (Å²) in [5.74, 6) is 0.791. The van der Waals surface area contributed by atoms with Crippen molar-refractivity contribution in [2.75, 3.05) is 0 Å². The summed E-state index contributed by atoms with van der Waals surface area (Å²) < 4.78 is 2.12. The van der Waals surface area contributed by atoms with Crippen LogP contribution >= 0.6 is 0 Å². The van der Waals surface area contributed by atoms with Crippen molar-refractivity contribution in [3.05, 3.63) is 36.8 Å². The van der Waals surface area contributed by atoms with Gasteiger partial charge < -0.3 is 4.90 Å². The lowest BCUT2D eigenvalue weighted by Crippen LogP contribution is -2.43. The van der Waals surface area contributed by atoms with E-state index in [2.05, 4.69) is 43.1 Å². The first kappa shape index (κ1) is 17.5. The Morgan fingerprint density at radius 2 is 2.07 bits per heavy atom. The standard InChI is InChI=1S/C22H27N5O/c1-22(2,3)21(28)27-18-5-7-20(27)16(9-18)13-26-19-6-4-14(8-15(19)12-25-26)17-10-23-24-11-17/h4,6,8,10-12,16,18,20H,5,7,9,13H2,1-3H3,(H,23,24). The van der Waals surface area contributed by atoms with Crippen LogP contribution in [0.1, 0.15) is 40.0 Å². The molecule has 1 amide bonds. The van der Waals surface area contributed by atoms with Gasteiger partial charge in [0.2, 0.25) is 5.91 Å². The van der Waals surface area contributed by atoms with Crippen molar-refractivity contribution in [3.8, 4) is 11.1 Å². The van der Waals surface area contributed by atoms with Crippen molar-refractivity contribution in [1.29, 1.82) is 0 Å². The van der Waals surface area contributed by atoms with Gasteiger partial charge in [0.15, 0.2) is 0 Å². The third kappa shape index (κ3) is 2.74. The minimum Gasteiger partial charge on any atom is -0.336 e. The topological polar surface area (TPSA) is 66.8 Å². The van der Waals surface area contributed by atoms with Gasteiger partial charge in [-0.2, -0.15) is 10.2 Å². The number of benzene rings is 1. The fraction of sp³-hybridized carbons (Fsp3) is 0.500. The predicted molar refractivity (Wildman–Crippen MR) is 109 cm³/mol. The van der Waals surface area contributed by atoms with Crippen LogP contribution in [0.15, 0.2) is 36.8 Å². The van der Waals surface area contributed by atoms with Crippen molar-refractivity contribution in [3.63, 3.8) is 0 Å². The molecule has 2 bridgehead atoms. The molecule has 1 aromatic carbocycles. The predicted octanol–water partition coefficient (Wildman–Crippen LogP) is 3.85. The number of rotatable bonds is 3. The van der Waals surface area contributed by atoms with E-state index in [1.807, 2.05) is 39.4 Å². The smallest absolute Gasteiger partial charge is 0.228 e. The minimum atomic E-state index is -0.308. The second-order valence-electron chi connectivity index (χ2n) is 9.34. The Kier molecular flexibility index (Phi) is 3.86. The van der Waals surface area contributed by atoms with Crippen LogP contribution in [-0.2, 0) is 11.3 Å². The van der Waals surface area contributed by atoms with Crippen LogP contribution in [0.2, 0.25) is 0 Å². The fourth-order valence-electron chi connectivity index (χ4n) is 5.06. The van der Waals surface area contributed by atoms with Crippen molar-refractivity contribution in [1.82, 2.24) is 24.9 Å². The molecule has 0 radical (unpaired) electrons. The number of fused-ring (bicyclic) bond motifs is 3. The summed E-state index contributed by atoms with van der Waals surface area (Å²) in [6, 6.07) is 7.22. The summed E-state index contributed by atoms with van der Waals surface area (Å²) >= 11 is 0. The molecule has 2 aromatic heterocycles. The van der Waals surface area contributed by atoms with Crippen molar-refractivity contribution in [2.45, 2.75) is 58.7 Å². The normalized spacial score (nSPS) is 24.4. The molecule has 0 aliphatic carbocycles. The molecule has 3 unspecified atom stereocenters. The highest BCUT2D eigenvalue weighted by atomic mass is 16.2. The van der Waals surface area contributed by atoms with Crippen molar-refractivity contribution >= 4 is 16.8 Å². The van der Waals surface area contributed by atoms with Gasteiger partial charge in [-0.3, -0.25) is 14.6 Å². The molecule has 2 fully saturated rings. The molecule has 6 heteroatoms. The first-order valence-electron chi connectivity index (χ1n) is 10.2. The zero-order chi connectivity index (χ0) is 19.5. The Balaban J connectivity index is 1.38. The highest BCUT2D eigenvalue weighted by Crippen LogP contribution is 2.44. The van der Waals surface area contributed by atoms with E-state index in [9.17, 15) is 4.79 Å². The maximum Gasteiger partial charge on any atom is 0.228 e. The summed E-state index contributed by atoms with van der Waals surface area (Å²) in [4.78, 5) is 15.1. The summed E-state index contributed by atoms with van der Waals surface area (Å²) in [5.41, 5.74) is 3.07. The summed E-state index contributed by atoms with van der Waals surface area (Å²) in [7, 11) is 0. The number of nitrogens with one attached hydrogen (secondary N) is 1. The molecule has 3 aromatic rings. The second-order valence-corrected chi connectivity index (χ2v) is 9.34. The Hall–Kier alpha value is -2.63. The summed E-state index contributed by atoms with van der Waals surface area (Å²) in [6.07, 6.45) is 9.06.